The Bertz CT molecular complexity index is 1220. The normalized spacial score (nSPS) is 11.2. The maximum absolute atomic E-state index is 12.2. The van der Waals surface area contributed by atoms with Crippen molar-refractivity contribution in [3.63, 3.8) is 0 Å². The van der Waals surface area contributed by atoms with Crippen molar-refractivity contribution >= 4 is 28.7 Å². The summed E-state index contributed by atoms with van der Waals surface area (Å²) in [6.07, 6.45) is 1.74. The SMILES string of the molecule is Cc1ccccc1NCC(=O)N/N=C\c1c(C)n(Cc2ccccc2)c2ccccc12. The van der Waals surface area contributed by atoms with Gasteiger partial charge < -0.3 is 9.88 Å². The smallest absolute Gasteiger partial charge is 0.259 e. The third-order valence-electron chi connectivity index (χ3n) is 5.43. The molecular formula is C26H26N4O. The van der Waals surface area contributed by atoms with E-state index in [2.05, 4.69) is 63.7 Å². The molecule has 0 spiro atoms. The van der Waals surface area contributed by atoms with Crippen molar-refractivity contribution in [3.8, 4) is 0 Å². The second-order valence-electron chi connectivity index (χ2n) is 7.55. The minimum absolute atomic E-state index is 0.164. The number of rotatable bonds is 7. The molecule has 2 N–H and O–H groups in total. The molecule has 4 aromatic rings. The number of anilines is 1. The van der Waals surface area contributed by atoms with E-state index >= 15 is 0 Å². The van der Waals surface area contributed by atoms with Crippen molar-refractivity contribution in [2.24, 2.45) is 5.10 Å². The molecule has 31 heavy (non-hydrogen) atoms. The second kappa shape index (κ2) is 9.30. The number of amides is 1. The first-order valence-corrected chi connectivity index (χ1v) is 10.4. The maximum Gasteiger partial charge on any atom is 0.259 e. The van der Waals surface area contributed by atoms with E-state index in [-0.39, 0.29) is 12.5 Å². The van der Waals surface area contributed by atoms with Crippen molar-refractivity contribution in [2.75, 3.05) is 11.9 Å². The third kappa shape index (κ3) is 4.67. The highest BCUT2D eigenvalue weighted by molar-refractivity contribution is 6.01. The summed E-state index contributed by atoms with van der Waals surface area (Å²) in [5, 5.41) is 8.49. The Hall–Kier alpha value is -3.86. The van der Waals surface area contributed by atoms with Gasteiger partial charge in [0.25, 0.3) is 5.91 Å². The van der Waals surface area contributed by atoms with Crippen molar-refractivity contribution in [1.29, 1.82) is 0 Å². The number of fused-ring (bicyclic) bond motifs is 1. The fourth-order valence-corrected chi connectivity index (χ4v) is 3.75. The van der Waals surface area contributed by atoms with Crippen molar-refractivity contribution in [2.45, 2.75) is 20.4 Å². The van der Waals surface area contributed by atoms with Crippen LogP contribution in [0, 0.1) is 13.8 Å². The van der Waals surface area contributed by atoms with Crippen molar-refractivity contribution in [3.05, 3.63) is 101 Å². The predicted molar refractivity (Wildman–Crippen MR) is 128 cm³/mol. The molecule has 0 unspecified atom stereocenters. The Morgan fingerprint density at radius 2 is 1.65 bits per heavy atom. The Labute approximate surface area is 182 Å². The number of aryl methyl sites for hydroxylation is 1. The van der Waals surface area contributed by atoms with E-state index in [9.17, 15) is 4.79 Å². The zero-order valence-corrected chi connectivity index (χ0v) is 17.8. The fraction of sp³-hybridized carbons (Fsp3) is 0.154. The van der Waals surface area contributed by atoms with Gasteiger partial charge in [-0.05, 0) is 37.1 Å². The summed E-state index contributed by atoms with van der Waals surface area (Å²) < 4.78 is 2.29. The Morgan fingerprint density at radius 1 is 0.935 bits per heavy atom. The van der Waals surface area contributed by atoms with Crippen molar-refractivity contribution < 1.29 is 4.79 Å². The molecular weight excluding hydrogens is 384 g/mol. The van der Waals surface area contributed by atoms with Crippen LogP contribution >= 0.6 is 0 Å². The molecule has 0 aliphatic heterocycles. The summed E-state index contributed by atoms with van der Waals surface area (Å²) in [5.74, 6) is -0.190. The summed E-state index contributed by atoms with van der Waals surface area (Å²) in [6, 6.07) is 26.6. The average molecular weight is 411 g/mol. The average Bonchev–Trinajstić information content (AvgIpc) is 3.05. The predicted octanol–water partition coefficient (Wildman–Crippen LogP) is 4.87. The van der Waals surface area contributed by atoms with E-state index < -0.39 is 0 Å². The van der Waals surface area contributed by atoms with Crippen LogP contribution in [-0.2, 0) is 11.3 Å². The summed E-state index contributed by atoms with van der Waals surface area (Å²) >= 11 is 0. The highest BCUT2D eigenvalue weighted by Gasteiger charge is 2.12. The number of hydrogen-bond acceptors (Lipinski definition) is 3. The summed E-state index contributed by atoms with van der Waals surface area (Å²) in [6.45, 7) is 5.04. The zero-order valence-electron chi connectivity index (χ0n) is 17.8. The first-order valence-electron chi connectivity index (χ1n) is 10.4. The summed E-state index contributed by atoms with van der Waals surface area (Å²) in [4.78, 5) is 12.2. The van der Waals surface area contributed by atoms with Crippen LogP contribution in [0.1, 0.15) is 22.4 Å². The van der Waals surface area contributed by atoms with Gasteiger partial charge in [0, 0.05) is 34.4 Å². The standard InChI is InChI=1S/C26H26N4O/c1-19-10-6-8-14-24(19)27-17-26(31)29-28-16-23-20(2)30(18-21-11-4-3-5-12-21)25-15-9-7-13-22(23)25/h3-16,27H,17-18H2,1-2H3,(H,29,31)/b28-16-. The first kappa shape index (κ1) is 20.4. The zero-order chi connectivity index (χ0) is 21.6. The molecule has 0 radical (unpaired) electrons. The van der Waals surface area contributed by atoms with Gasteiger partial charge in [0.05, 0.1) is 12.8 Å². The number of benzene rings is 3. The van der Waals surface area contributed by atoms with Crippen LogP contribution in [0.4, 0.5) is 5.69 Å². The number of carbonyl (C=O) groups is 1. The van der Waals surface area contributed by atoms with E-state index in [0.717, 1.165) is 40.0 Å². The number of aromatic nitrogens is 1. The van der Waals surface area contributed by atoms with Gasteiger partial charge in [-0.1, -0.05) is 66.7 Å². The van der Waals surface area contributed by atoms with Gasteiger partial charge in [0.1, 0.15) is 0 Å². The molecule has 1 aromatic heterocycles. The van der Waals surface area contributed by atoms with Crippen molar-refractivity contribution in [1.82, 2.24) is 9.99 Å². The molecule has 4 rings (SSSR count). The highest BCUT2D eigenvalue weighted by atomic mass is 16.2. The molecule has 0 fully saturated rings. The Balaban J connectivity index is 1.49. The summed E-state index contributed by atoms with van der Waals surface area (Å²) in [7, 11) is 0. The number of hydrogen-bond donors (Lipinski definition) is 2. The van der Waals surface area contributed by atoms with Crippen LogP contribution < -0.4 is 10.7 Å². The lowest BCUT2D eigenvalue weighted by atomic mass is 10.1. The molecule has 156 valence electrons. The molecule has 1 amide bonds. The fourth-order valence-electron chi connectivity index (χ4n) is 3.75. The van der Waals surface area contributed by atoms with Crippen LogP contribution in [0.15, 0.2) is 84.0 Å². The lowest BCUT2D eigenvalue weighted by molar-refractivity contribution is -0.119. The topological polar surface area (TPSA) is 58.4 Å². The largest absolute Gasteiger partial charge is 0.376 e. The van der Waals surface area contributed by atoms with Gasteiger partial charge >= 0.3 is 0 Å². The van der Waals surface area contributed by atoms with Crippen LogP contribution in [0.3, 0.4) is 0 Å². The molecule has 5 heteroatoms. The molecule has 0 atom stereocenters. The van der Waals surface area contributed by atoms with E-state index in [4.69, 9.17) is 0 Å². The van der Waals surface area contributed by atoms with E-state index in [0.29, 0.717) is 0 Å². The number of para-hydroxylation sites is 2. The van der Waals surface area contributed by atoms with Crippen LogP contribution in [-0.4, -0.2) is 23.2 Å². The molecule has 0 bridgehead atoms. The van der Waals surface area contributed by atoms with Gasteiger partial charge in [-0.2, -0.15) is 5.10 Å². The van der Waals surface area contributed by atoms with Gasteiger partial charge in [-0.3, -0.25) is 4.79 Å². The lowest BCUT2D eigenvalue weighted by Crippen LogP contribution is -2.26. The number of carbonyl (C=O) groups excluding carboxylic acids is 1. The monoisotopic (exact) mass is 410 g/mol. The van der Waals surface area contributed by atoms with Gasteiger partial charge in [-0.25, -0.2) is 5.43 Å². The van der Waals surface area contributed by atoms with Gasteiger partial charge in [0.2, 0.25) is 0 Å². The third-order valence-corrected chi connectivity index (χ3v) is 5.43. The molecule has 5 nitrogen and oxygen atoms in total. The number of nitrogens with one attached hydrogen (secondary N) is 2. The van der Waals surface area contributed by atoms with Gasteiger partial charge in [-0.15, -0.1) is 0 Å². The molecule has 0 aliphatic rings. The quantitative estimate of drug-likeness (QED) is 0.337. The lowest BCUT2D eigenvalue weighted by Gasteiger charge is -2.08. The molecule has 0 saturated heterocycles. The van der Waals surface area contributed by atoms with E-state index in [1.165, 1.54) is 5.56 Å². The molecule has 3 aromatic carbocycles. The second-order valence-corrected chi connectivity index (χ2v) is 7.55. The van der Waals surface area contributed by atoms with Crippen LogP contribution in [0.25, 0.3) is 10.9 Å². The van der Waals surface area contributed by atoms with E-state index in [1.54, 1.807) is 6.21 Å². The molecule has 0 aliphatic carbocycles. The van der Waals surface area contributed by atoms with E-state index in [1.807, 2.05) is 49.4 Å². The molecule has 0 saturated carbocycles. The first-order chi connectivity index (χ1) is 15.1. The Morgan fingerprint density at radius 3 is 2.45 bits per heavy atom. The molecule has 1 heterocycles. The Kier molecular flexibility index (Phi) is 6.13. The minimum atomic E-state index is -0.190. The minimum Gasteiger partial charge on any atom is -0.376 e. The number of nitrogens with zero attached hydrogens (tertiary/aromatic N) is 2. The summed E-state index contributed by atoms with van der Waals surface area (Å²) in [5.41, 5.74) is 9.19. The maximum atomic E-state index is 12.2. The van der Waals surface area contributed by atoms with Crippen LogP contribution in [0.2, 0.25) is 0 Å². The van der Waals surface area contributed by atoms with Gasteiger partial charge in [0.15, 0.2) is 0 Å². The highest BCUT2D eigenvalue weighted by Crippen LogP contribution is 2.25. The number of hydrazone groups is 1. The van der Waals surface area contributed by atoms with Crippen LogP contribution in [0.5, 0.6) is 0 Å².